The molecule has 0 amide bonds. The number of rotatable bonds is 7. The Kier molecular flexibility index (Phi) is 5.52. The van der Waals surface area contributed by atoms with Gasteiger partial charge in [-0.3, -0.25) is 4.98 Å². The highest BCUT2D eigenvalue weighted by atomic mass is 32.2. The van der Waals surface area contributed by atoms with Gasteiger partial charge in [-0.25, -0.2) is 22.5 Å². The van der Waals surface area contributed by atoms with Crippen molar-refractivity contribution in [2.45, 2.75) is 17.7 Å². The molecule has 2 aromatic heterocycles. The lowest BCUT2D eigenvalue weighted by molar-refractivity contribution is 0.555. The number of halogens is 1. The van der Waals surface area contributed by atoms with Gasteiger partial charge in [0.25, 0.3) is 0 Å². The molecule has 2 heterocycles. The first kappa shape index (κ1) is 17.7. The predicted octanol–water partition coefficient (Wildman–Crippen LogP) is 3.26. The molecule has 8 heteroatoms. The highest BCUT2D eigenvalue weighted by Gasteiger charge is 2.17. The first-order chi connectivity index (χ1) is 12.1. The van der Waals surface area contributed by atoms with Crippen molar-refractivity contribution in [3.05, 3.63) is 65.0 Å². The van der Waals surface area contributed by atoms with Crippen LogP contribution in [0.5, 0.6) is 0 Å². The zero-order chi connectivity index (χ0) is 17.7. The largest absolute Gasteiger partial charge is 0.265 e. The minimum Gasteiger partial charge on any atom is -0.265 e. The van der Waals surface area contributed by atoms with Crippen LogP contribution >= 0.6 is 11.3 Å². The fraction of sp³-hybridized carbons (Fsp3) is 0.176. The predicted molar refractivity (Wildman–Crippen MR) is 95.3 cm³/mol. The van der Waals surface area contributed by atoms with Crippen LogP contribution in [-0.2, 0) is 16.4 Å². The average Bonchev–Trinajstić information content (AvgIpc) is 3.09. The maximum absolute atomic E-state index is 13.6. The molecule has 3 rings (SSSR count). The van der Waals surface area contributed by atoms with Crippen molar-refractivity contribution in [2.24, 2.45) is 0 Å². The first-order valence-corrected chi connectivity index (χ1v) is 10.0. The monoisotopic (exact) mass is 377 g/mol. The van der Waals surface area contributed by atoms with Gasteiger partial charge >= 0.3 is 0 Å². The van der Waals surface area contributed by atoms with Crippen LogP contribution in [-0.4, -0.2) is 24.9 Å². The maximum atomic E-state index is 13.6. The summed E-state index contributed by atoms with van der Waals surface area (Å²) in [5, 5.41) is 2.89. The van der Waals surface area contributed by atoms with Crippen LogP contribution in [0, 0.1) is 5.82 Å². The Morgan fingerprint density at radius 2 is 1.88 bits per heavy atom. The first-order valence-electron chi connectivity index (χ1n) is 7.65. The van der Waals surface area contributed by atoms with E-state index in [1.165, 1.54) is 29.5 Å². The maximum Gasteiger partial charge on any atom is 0.243 e. The number of aryl methyl sites for hydroxylation is 1. The highest BCUT2D eigenvalue weighted by Crippen LogP contribution is 2.21. The summed E-state index contributed by atoms with van der Waals surface area (Å²) in [5.41, 5.74) is 1.88. The van der Waals surface area contributed by atoms with Gasteiger partial charge in [0.1, 0.15) is 10.7 Å². The Hall–Kier alpha value is -2.16. The quantitative estimate of drug-likeness (QED) is 0.642. The molecule has 0 radical (unpaired) electrons. The summed E-state index contributed by atoms with van der Waals surface area (Å²) in [5.74, 6) is -0.753. The van der Waals surface area contributed by atoms with E-state index < -0.39 is 15.8 Å². The number of aromatic nitrogens is 2. The summed E-state index contributed by atoms with van der Waals surface area (Å²) in [4.78, 5) is 8.19. The molecular weight excluding hydrogens is 361 g/mol. The van der Waals surface area contributed by atoms with Crippen LogP contribution in [0.25, 0.3) is 11.3 Å². The molecule has 0 fully saturated rings. The molecule has 0 saturated carbocycles. The zero-order valence-electron chi connectivity index (χ0n) is 13.2. The van der Waals surface area contributed by atoms with E-state index >= 15 is 0 Å². The third kappa shape index (κ3) is 4.47. The molecule has 25 heavy (non-hydrogen) atoms. The lowest BCUT2D eigenvalue weighted by atomic mass is 10.2. The molecule has 0 aliphatic rings. The van der Waals surface area contributed by atoms with Gasteiger partial charge in [0.05, 0.1) is 10.7 Å². The van der Waals surface area contributed by atoms with E-state index in [-0.39, 0.29) is 11.4 Å². The van der Waals surface area contributed by atoms with E-state index in [0.29, 0.717) is 12.8 Å². The molecule has 0 atom stereocenters. The van der Waals surface area contributed by atoms with E-state index in [0.717, 1.165) is 22.3 Å². The van der Waals surface area contributed by atoms with E-state index in [1.54, 1.807) is 12.4 Å². The third-order valence-corrected chi connectivity index (χ3v) is 5.92. The van der Waals surface area contributed by atoms with Crippen molar-refractivity contribution in [1.82, 2.24) is 14.7 Å². The number of pyridine rings is 1. The summed E-state index contributed by atoms with van der Waals surface area (Å²) in [6.45, 7) is 0.223. The topological polar surface area (TPSA) is 72.0 Å². The SMILES string of the molecule is O=S(=O)(NCCCc1nc(-c2ccncc2)cs1)c1ccccc1F. The Morgan fingerprint density at radius 3 is 2.64 bits per heavy atom. The molecule has 1 N–H and O–H groups in total. The van der Waals surface area contributed by atoms with Gasteiger partial charge in [-0.05, 0) is 30.7 Å². The summed E-state index contributed by atoms with van der Waals surface area (Å²) >= 11 is 1.53. The van der Waals surface area contributed by atoms with Crippen molar-refractivity contribution >= 4 is 21.4 Å². The van der Waals surface area contributed by atoms with Gasteiger partial charge in [-0.2, -0.15) is 0 Å². The normalized spacial score (nSPS) is 11.6. The molecule has 0 unspecified atom stereocenters. The number of hydrogen-bond donors (Lipinski definition) is 1. The van der Waals surface area contributed by atoms with Gasteiger partial charge in [0.15, 0.2) is 0 Å². The van der Waals surface area contributed by atoms with E-state index in [9.17, 15) is 12.8 Å². The smallest absolute Gasteiger partial charge is 0.243 e. The van der Waals surface area contributed by atoms with Crippen molar-refractivity contribution < 1.29 is 12.8 Å². The number of nitrogens with zero attached hydrogens (tertiary/aromatic N) is 2. The number of hydrogen-bond acceptors (Lipinski definition) is 5. The van der Waals surface area contributed by atoms with Gasteiger partial charge in [-0.1, -0.05) is 12.1 Å². The van der Waals surface area contributed by atoms with Gasteiger partial charge in [-0.15, -0.1) is 11.3 Å². The van der Waals surface area contributed by atoms with Crippen LogP contribution < -0.4 is 4.72 Å². The fourth-order valence-corrected chi connectivity index (χ4v) is 4.27. The molecule has 0 aliphatic carbocycles. The number of benzene rings is 1. The van der Waals surface area contributed by atoms with Crippen molar-refractivity contribution in [2.75, 3.05) is 6.54 Å². The van der Waals surface area contributed by atoms with Crippen molar-refractivity contribution in [3.8, 4) is 11.3 Å². The molecule has 3 aromatic rings. The van der Waals surface area contributed by atoms with E-state index in [2.05, 4.69) is 14.7 Å². The Labute approximate surface area is 149 Å². The Balaban J connectivity index is 1.54. The van der Waals surface area contributed by atoms with Crippen LogP contribution in [0.15, 0.2) is 59.1 Å². The van der Waals surface area contributed by atoms with Gasteiger partial charge in [0, 0.05) is 36.3 Å². The molecule has 130 valence electrons. The number of sulfonamides is 1. The van der Waals surface area contributed by atoms with Crippen LogP contribution in [0.4, 0.5) is 4.39 Å². The number of nitrogens with one attached hydrogen (secondary N) is 1. The standard InChI is InChI=1S/C17H16FN3O2S2/c18-14-4-1-2-5-16(14)25(22,23)20-9-3-6-17-21-15(12-24-17)13-7-10-19-11-8-13/h1-2,4-5,7-8,10-12,20H,3,6,9H2. The minimum atomic E-state index is -3.83. The van der Waals surface area contributed by atoms with Gasteiger partial charge in [0.2, 0.25) is 10.0 Å². The van der Waals surface area contributed by atoms with Crippen LogP contribution in [0.2, 0.25) is 0 Å². The average molecular weight is 377 g/mol. The molecule has 0 bridgehead atoms. The summed E-state index contributed by atoms with van der Waals surface area (Å²) < 4.78 is 40.2. The lowest BCUT2D eigenvalue weighted by Crippen LogP contribution is -2.26. The second kappa shape index (κ2) is 7.81. The molecule has 0 saturated heterocycles. The molecule has 1 aromatic carbocycles. The minimum absolute atomic E-state index is 0.223. The highest BCUT2D eigenvalue weighted by molar-refractivity contribution is 7.89. The van der Waals surface area contributed by atoms with Crippen molar-refractivity contribution in [3.63, 3.8) is 0 Å². The third-order valence-electron chi connectivity index (χ3n) is 3.51. The molecule has 0 aliphatic heterocycles. The summed E-state index contributed by atoms with van der Waals surface area (Å²) in [7, 11) is -3.83. The lowest BCUT2D eigenvalue weighted by Gasteiger charge is -2.06. The summed E-state index contributed by atoms with van der Waals surface area (Å²) in [6, 6.07) is 9.11. The molecule has 0 spiro atoms. The van der Waals surface area contributed by atoms with Crippen LogP contribution in [0.1, 0.15) is 11.4 Å². The molecule has 5 nitrogen and oxygen atoms in total. The zero-order valence-corrected chi connectivity index (χ0v) is 14.9. The fourth-order valence-electron chi connectivity index (χ4n) is 2.27. The number of thiazole rings is 1. The van der Waals surface area contributed by atoms with E-state index in [4.69, 9.17) is 0 Å². The van der Waals surface area contributed by atoms with Crippen molar-refractivity contribution in [1.29, 1.82) is 0 Å². The second-order valence-corrected chi connectivity index (χ2v) is 7.97. The Bertz CT molecular complexity index is 943. The molecular formula is C17H16FN3O2S2. The van der Waals surface area contributed by atoms with E-state index in [1.807, 2.05) is 17.5 Å². The Morgan fingerprint density at radius 1 is 1.12 bits per heavy atom. The van der Waals surface area contributed by atoms with Crippen LogP contribution in [0.3, 0.4) is 0 Å². The second-order valence-electron chi connectivity index (χ2n) is 5.29. The summed E-state index contributed by atoms with van der Waals surface area (Å²) in [6.07, 6.45) is 4.66. The van der Waals surface area contributed by atoms with Gasteiger partial charge < -0.3 is 0 Å².